The van der Waals surface area contributed by atoms with Gasteiger partial charge in [0.05, 0.1) is 6.04 Å². The molecule has 3 N–H and O–H groups in total. The van der Waals surface area contributed by atoms with Gasteiger partial charge in [0.25, 0.3) is 0 Å². The lowest BCUT2D eigenvalue weighted by Gasteiger charge is -2.09. The van der Waals surface area contributed by atoms with E-state index in [9.17, 15) is 0 Å². The molecule has 3 nitrogen and oxygen atoms in total. The molecule has 0 bridgehead atoms. The molecule has 1 saturated carbocycles. The van der Waals surface area contributed by atoms with E-state index in [1.165, 1.54) is 17.5 Å². The highest BCUT2D eigenvalue weighted by Crippen LogP contribution is 2.57. The minimum Gasteiger partial charge on any atom is -0.370 e. The number of nitrogens with two attached hydrogens (primary N) is 1. The van der Waals surface area contributed by atoms with Gasteiger partial charge in [-0.2, -0.15) is 0 Å². The van der Waals surface area contributed by atoms with Gasteiger partial charge in [-0.3, -0.25) is 0 Å². The normalized spacial score (nSPS) is 30.1. The molecule has 3 unspecified atom stereocenters. The quantitative estimate of drug-likeness (QED) is 0.598. The van der Waals surface area contributed by atoms with Crippen molar-refractivity contribution < 1.29 is 0 Å². The van der Waals surface area contributed by atoms with Gasteiger partial charge in [-0.25, -0.2) is 4.99 Å². The third-order valence-corrected chi connectivity index (χ3v) is 3.72. The molecule has 1 aromatic carbocycles. The predicted molar refractivity (Wildman–Crippen MR) is 70.1 cm³/mol. The molecule has 2 aliphatic carbocycles. The first kappa shape index (κ1) is 10.6. The van der Waals surface area contributed by atoms with E-state index in [4.69, 9.17) is 5.73 Å². The van der Waals surface area contributed by atoms with Crippen LogP contribution in [0.4, 0.5) is 0 Å². The third-order valence-electron chi connectivity index (χ3n) is 3.72. The summed E-state index contributed by atoms with van der Waals surface area (Å²) in [5.74, 6) is 1.91. The lowest BCUT2D eigenvalue weighted by atomic mass is 10.1. The van der Waals surface area contributed by atoms with Gasteiger partial charge in [0, 0.05) is 12.0 Å². The van der Waals surface area contributed by atoms with Gasteiger partial charge in [0.2, 0.25) is 0 Å². The molecule has 0 spiro atoms. The maximum Gasteiger partial charge on any atom is 0.189 e. The van der Waals surface area contributed by atoms with Crippen LogP contribution < -0.4 is 11.1 Å². The van der Waals surface area contributed by atoms with Crippen LogP contribution in [0.5, 0.6) is 0 Å². The Morgan fingerprint density at radius 3 is 2.94 bits per heavy atom. The van der Waals surface area contributed by atoms with Crippen molar-refractivity contribution in [3.63, 3.8) is 0 Å². The van der Waals surface area contributed by atoms with Crippen LogP contribution in [0.25, 0.3) is 0 Å². The standard InChI is InChI=1S/C14H19N3/c1-8(2)16-14(15)17-13-11-7-9-5-3-4-6-10(9)12(11)13/h3-6,8,11-13H,7H2,1-2H3,(H3,15,16,17). The molecule has 3 heteroatoms. The van der Waals surface area contributed by atoms with Crippen LogP contribution in [0.15, 0.2) is 29.3 Å². The Balaban J connectivity index is 1.73. The van der Waals surface area contributed by atoms with Crippen molar-refractivity contribution in [3.05, 3.63) is 35.4 Å². The topological polar surface area (TPSA) is 50.4 Å². The van der Waals surface area contributed by atoms with Gasteiger partial charge in [0.15, 0.2) is 5.96 Å². The monoisotopic (exact) mass is 229 g/mol. The third kappa shape index (κ3) is 1.79. The maximum atomic E-state index is 5.88. The molecule has 3 rings (SSSR count). The number of benzene rings is 1. The molecule has 0 aromatic heterocycles. The molecule has 17 heavy (non-hydrogen) atoms. The van der Waals surface area contributed by atoms with Crippen molar-refractivity contribution in [1.29, 1.82) is 0 Å². The Morgan fingerprint density at radius 1 is 1.41 bits per heavy atom. The van der Waals surface area contributed by atoms with Crippen molar-refractivity contribution in [2.24, 2.45) is 16.6 Å². The fourth-order valence-corrected chi connectivity index (χ4v) is 2.99. The maximum absolute atomic E-state index is 5.88. The van der Waals surface area contributed by atoms with E-state index in [-0.39, 0.29) is 0 Å². The van der Waals surface area contributed by atoms with Crippen molar-refractivity contribution in [2.45, 2.75) is 38.3 Å². The number of aliphatic imine (C=N–C) groups is 1. The van der Waals surface area contributed by atoms with Crippen LogP contribution >= 0.6 is 0 Å². The fourth-order valence-electron chi connectivity index (χ4n) is 2.99. The van der Waals surface area contributed by atoms with Crippen LogP contribution in [0.1, 0.15) is 30.9 Å². The Hall–Kier alpha value is -1.51. The summed E-state index contributed by atoms with van der Waals surface area (Å²) in [6, 6.07) is 9.48. The number of fused-ring (bicyclic) bond motifs is 3. The lowest BCUT2D eigenvalue weighted by molar-refractivity contribution is 0.716. The Bertz CT molecular complexity index is 464. The summed E-state index contributed by atoms with van der Waals surface area (Å²) in [5.41, 5.74) is 8.87. The van der Waals surface area contributed by atoms with Gasteiger partial charge in [-0.15, -0.1) is 0 Å². The van der Waals surface area contributed by atoms with E-state index in [1.807, 2.05) is 0 Å². The minimum atomic E-state index is 0.352. The zero-order chi connectivity index (χ0) is 12.0. The number of rotatable bonds is 2. The highest BCUT2D eigenvalue weighted by molar-refractivity contribution is 5.78. The van der Waals surface area contributed by atoms with Gasteiger partial charge >= 0.3 is 0 Å². The van der Waals surface area contributed by atoms with E-state index in [1.54, 1.807) is 0 Å². The van der Waals surface area contributed by atoms with Crippen LogP contribution in [-0.4, -0.2) is 18.0 Å². The van der Waals surface area contributed by atoms with E-state index < -0.39 is 0 Å². The first-order chi connectivity index (χ1) is 8.16. The van der Waals surface area contributed by atoms with E-state index in [2.05, 4.69) is 48.4 Å². The largest absolute Gasteiger partial charge is 0.370 e. The van der Waals surface area contributed by atoms with Gasteiger partial charge in [-0.05, 0) is 37.3 Å². The summed E-state index contributed by atoms with van der Waals surface area (Å²) in [4.78, 5) is 4.60. The zero-order valence-corrected chi connectivity index (χ0v) is 10.4. The zero-order valence-electron chi connectivity index (χ0n) is 10.4. The Morgan fingerprint density at radius 2 is 2.18 bits per heavy atom. The van der Waals surface area contributed by atoms with Crippen molar-refractivity contribution >= 4 is 5.96 Å². The number of nitrogens with zero attached hydrogens (tertiary/aromatic N) is 1. The molecule has 90 valence electrons. The molecule has 0 radical (unpaired) electrons. The highest BCUT2D eigenvalue weighted by atomic mass is 15.1. The molecule has 0 amide bonds. The summed E-state index contributed by atoms with van der Waals surface area (Å²) >= 11 is 0. The van der Waals surface area contributed by atoms with E-state index in [0.29, 0.717) is 29.9 Å². The second-order valence-corrected chi connectivity index (χ2v) is 5.40. The average Bonchev–Trinajstić information content (AvgIpc) is 2.78. The van der Waals surface area contributed by atoms with Crippen LogP contribution in [-0.2, 0) is 6.42 Å². The second-order valence-electron chi connectivity index (χ2n) is 5.40. The average molecular weight is 229 g/mol. The van der Waals surface area contributed by atoms with Crippen LogP contribution in [0, 0.1) is 5.92 Å². The summed E-state index contributed by atoms with van der Waals surface area (Å²) in [5, 5.41) is 3.16. The SMILES string of the molecule is CC(C)NC(N)=NC1C2Cc3ccccc3C21. The fraction of sp³-hybridized carbons (Fsp3) is 0.500. The molecule has 1 fully saturated rings. The summed E-state index contributed by atoms with van der Waals surface area (Å²) in [6.45, 7) is 4.15. The molecule has 3 atom stereocenters. The van der Waals surface area contributed by atoms with Gasteiger partial charge in [0.1, 0.15) is 0 Å². The second kappa shape index (κ2) is 3.76. The van der Waals surface area contributed by atoms with Crippen molar-refractivity contribution in [1.82, 2.24) is 5.32 Å². The van der Waals surface area contributed by atoms with Gasteiger partial charge in [-0.1, -0.05) is 24.3 Å². The molecule has 0 aliphatic heterocycles. The number of hydrogen-bond acceptors (Lipinski definition) is 1. The molecular weight excluding hydrogens is 210 g/mol. The number of nitrogens with one attached hydrogen (secondary N) is 1. The number of guanidine groups is 1. The van der Waals surface area contributed by atoms with Crippen molar-refractivity contribution in [2.75, 3.05) is 0 Å². The lowest BCUT2D eigenvalue weighted by Crippen LogP contribution is -2.37. The minimum absolute atomic E-state index is 0.352. The predicted octanol–water partition coefficient (Wildman–Crippen LogP) is 1.64. The van der Waals surface area contributed by atoms with Crippen LogP contribution in [0.2, 0.25) is 0 Å². The van der Waals surface area contributed by atoms with E-state index >= 15 is 0 Å². The first-order valence-electron chi connectivity index (χ1n) is 6.34. The van der Waals surface area contributed by atoms with E-state index in [0.717, 1.165) is 0 Å². The molecule has 1 aromatic rings. The Labute approximate surface area is 102 Å². The highest BCUT2D eigenvalue weighted by Gasteiger charge is 2.55. The molecule has 0 saturated heterocycles. The first-order valence-corrected chi connectivity index (χ1v) is 6.34. The Kier molecular flexibility index (Phi) is 2.35. The molecule has 2 aliphatic rings. The summed E-state index contributed by atoms with van der Waals surface area (Å²) in [6.07, 6.45) is 1.17. The smallest absolute Gasteiger partial charge is 0.189 e. The molecular formula is C14H19N3. The van der Waals surface area contributed by atoms with Crippen molar-refractivity contribution in [3.8, 4) is 0 Å². The molecule has 0 heterocycles. The summed E-state index contributed by atoms with van der Waals surface area (Å²) < 4.78 is 0. The van der Waals surface area contributed by atoms with Crippen LogP contribution in [0.3, 0.4) is 0 Å². The number of hydrogen-bond donors (Lipinski definition) is 2. The van der Waals surface area contributed by atoms with Gasteiger partial charge < -0.3 is 11.1 Å². The summed E-state index contributed by atoms with van der Waals surface area (Å²) in [7, 11) is 0.